The highest BCUT2D eigenvalue weighted by Gasteiger charge is 2.28. The van der Waals surface area contributed by atoms with Gasteiger partial charge in [0.05, 0.1) is 19.4 Å². The number of methoxy groups -OCH3 is 1. The molecule has 8 nitrogen and oxygen atoms in total. The molecule has 2 amide bonds. The van der Waals surface area contributed by atoms with Gasteiger partial charge in [0, 0.05) is 50.5 Å². The number of carbonyl (C=O) groups is 2. The van der Waals surface area contributed by atoms with Crippen LogP contribution in [0.1, 0.15) is 17.4 Å². The van der Waals surface area contributed by atoms with Crippen LogP contribution in [0.3, 0.4) is 0 Å². The zero-order valence-corrected chi connectivity index (χ0v) is 19.6. The molecule has 1 aromatic heterocycles. The first-order valence-corrected chi connectivity index (χ1v) is 11.5. The maximum absolute atomic E-state index is 13.2. The van der Waals surface area contributed by atoms with Crippen LogP contribution in [-0.4, -0.2) is 56.5 Å². The lowest BCUT2D eigenvalue weighted by Crippen LogP contribution is -2.50. The Morgan fingerprint density at radius 3 is 2.37 bits per heavy atom. The molecule has 1 saturated heterocycles. The maximum Gasteiger partial charge on any atom is 0.309 e. The average Bonchev–Trinajstić information content (AvgIpc) is 3.43. The molecule has 35 heavy (non-hydrogen) atoms. The number of hydrogen-bond donors (Lipinski definition) is 2. The van der Waals surface area contributed by atoms with Gasteiger partial charge in [-0.1, -0.05) is 18.2 Å². The van der Waals surface area contributed by atoms with E-state index in [2.05, 4.69) is 20.4 Å². The summed E-state index contributed by atoms with van der Waals surface area (Å²) in [6.07, 6.45) is 1.60. The van der Waals surface area contributed by atoms with Crippen molar-refractivity contribution < 1.29 is 23.1 Å². The van der Waals surface area contributed by atoms with Crippen LogP contribution in [0, 0.1) is 5.82 Å². The van der Waals surface area contributed by atoms with Crippen LogP contribution in [0.5, 0.6) is 5.75 Å². The normalized spacial score (nSPS) is 14.9. The molecule has 0 radical (unpaired) electrons. The molecule has 1 atom stereocenters. The Hall–Kier alpha value is -3.85. The Labute approximate surface area is 203 Å². The molecule has 0 bridgehead atoms. The Kier molecular flexibility index (Phi) is 7.99. The quantitative estimate of drug-likeness (QED) is 0.482. The van der Waals surface area contributed by atoms with Crippen molar-refractivity contribution >= 4 is 17.5 Å². The molecule has 2 aromatic carbocycles. The van der Waals surface area contributed by atoms with Crippen molar-refractivity contribution in [1.82, 2.24) is 15.5 Å². The molecule has 1 aliphatic rings. The first kappa shape index (κ1) is 24.3. The van der Waals surface area contributed by atoms with Crippen LogP contribution in [0.4, 0.5) is 10.1 Å². The molecule has 1 aliphatic heterocycles. The lowest BCUT2D eigenvalue weighted by molar-refractivity contribution is -0.139. The van der Waals surface area contributed by atoms with Crippen molar-refractivity contribution in [1.29, 1.82) is 0 Å². The molecule has 0 aliphatic carbocycles. The predicted octanol–water partition coefficient (Wildman–Crippen LogP) is 2.72. The maximum atomic E-state index is 13.2. The topological polar surface area (TPSA) is 87.0 Å². The number of amides is 2. The molecule has 9 heteroatoms. The third-order valence-electron chi connectivity index (χ3n) is 6.11. The minimum Gasteiger partial charge on any atom is -0.496 e. The van der Waals surface area contributed by atoms with Crippen molar-refractivity contribution in [2.45, 2.75) is 12.6 Å². The number of halogens is 1. The van der Waals surface area contributed by atoms with Crippen molar-refractivity contribution in [3.8, 4) is 5.75 Å². The van der Waals surface area contributed by atoms with Crippen LogP contribution in [0.25, 0.3) is 0 Å². The molecule has 1 fully saturated rings. The van der Waals surface area contributed by atoms with Crippen molar-refractivity contribution in [2.24, 2.45) is 0 Å². The minimum absolute atomic E-state index is 0.184. The summed E-state index contributed by atoms with van der Waals surface area (Å²) in [6.45, 7) is 3.35. The van der Waals surface area contributed by atoms with Gasteiger partial charge in [0.2, 0.25) is 0 Å². The number of nitrogens with one attached hydrogen (secondary N) is 2. The summed E-state index contributed by atoms with van der Waals surface area (Å²) < 4.78 is 24.2. The van der Waals surface area contributed by atoms with Crippen LogP contribution in [-0.2, 0) is 16.1 Å². The van der Waals surface area contributed by atoms with Crippen molar-refractivity contribution in [2.75, 3.05) is 44.7 Å². The number of ether oxygens (including phenoxy) is 1. The summed E-state index contributed by atoms with van der Waals surface area (Å²) in [5.41, 5.74) is 1.75. The fourth-order valence-electron chi connectivity index (χ4n) is 4.21. The summed E-state index contributed by atoms with van der Waals surface area (Å²) in [7, 11) is 1.56. The van der Waals surface area contributed by atoms with E-state index in [1.54, 1.807) is 37.6 Å². The molecule has 3 aromatic rings. The lowest BCUT2D eigenvalue weighted by Gasteiger charge is -2.39. The lowest BCUT2D eigenvalue weighted by atomic mass is 10.1. The van der Waals surface area contributed by atoms with Gasteiger partial charge in [-0.05, 0) is 42.5 Å². The number of furan rings is 1. The van der Waals surface area contributed by atoms with Crippen LogP contribution in [0.15, 0.2) is 71.3 Å². The molecule has 184 valence electrons. The van der Waals surface area contributed by atoms with Crippen molar-refractivity contribution in [3.05, 3.63) is 84.1 Å². The summed E-state index contributed by atoms with van der Waals surface area (Å²) in [5, 5.41) is 5.38. The number of piperazine rings is 1. The van der Waals surface area contributed by atoms with Gasteiger partial charge in [-0.15, -0.1) is 0 Å². The highest BCUT2D eigenvalue weighted by molar-refractivity contribution is 6.35. The van der Waals surface area contributed by atoms with E-state index in [1.807, 2.05) is 24.3 Å². The first-order chi connectivity index (χ1) is 17.0. The number of para-hydroxylation sites is 1. The van der Waals surface area contributed by atoms with E-state index in [0.717, 1.165) is 43.2 Å². The Bertz CT molecular complexity index is 1110. The summed E-state index contributed by atoms with van der Waals surface area (Å²) in [5.74, 6) is -0.314. The van der Waals surface area contributed by atoms with E-state index in [0.29, 0.717) is 5.75 Å². The molecule has 0 spiro atoms. The molecular weight excluding hydrogens is 451 g/mol. The summed E-state index contributed by atoms with van der Waals surface area (Å²) in [4.78, 5) is 29.3. The SMILES string of the molecule is COc1ccccc1CNC(=O)C(=O)NC[C@H](c1ccco1)N1CCN(c2ccc(F)cc2)CC1. The minimum atomic E-state index is -0.713. The summed E-state index contributed by atoms with van der Waals surface area (Å²) >= 11 is 0. The van der Waals surface area contributed by atoms with Gasteiger partial charge in [-0.3, -0.25) is 14.5 Å². The number of nitrogens with zero attached hydrogens (tertiary/aromatic N) is 2. The molecule has 2 N–H and O–H groups in total. The van der Waals surface area contributed by atoms with Crippen LogP contribution >= 0.6 is 0 Å². The number of anilines is 1. The van der Waals surface area contributed by atoms with Gasteiger partial charge in [-0.25, -0.2) is 4.39 Å². The summed E-state index contributed by atoms with van der Waals surface area (Å²) in [6, 6.07) is 17.2. The van der Waals surface area contributed by atoms with E-state index in [-0.39, 0.29) is 24.9 Å². The zero-order valence-electron chi connectivity index (χ0n) is 19.6. The van der Waals surface area contributed by atoms with Gasteiger partial charge in [0.15, 0.2) is 0 Å². The molecule has 0 saturated carbocycles. The van der Waals surface area contributed by atoms with Gasteiger partial charge >= 0.3 is 11.8 Å². The highest BCUT2D eigenvalue weighted by Crippen LogP contribution is 2.24. The fourth-order valence-corrected chi connectivity index (χ4v) is 4.21. The fraction of sp³-hybridized carbons (Fsp3) is 0.308. The largest absolute Gasteiger partial charge is 0.496 e. The average molecular weight is 481 g/mol. The zero-order chi connectivity index (χ0) is 24.6. The number of hydrogen-bond acceptors (Lipinski definition) is 6. The molecule has 0 unspecified atom stereocenters. The Morgan fingerprint density at radius 1 is 0.971 bits per heavy atom. The first-order valence-electron chi connectivity index (χ1n) is 11.5. The molecule has 2 heterocycles. The smallest absolute Gasteiger partial charge is 0.309 e. The van der Waals surface area contributed by atoms with Crippen LogP contribution in [0.2, 0.25) is 0 Å². The van der Waals surface area contributed by atoms with Gasteiger partial charge in [0.25, 0.3) is 0 Å². The number of carbonyl (C=O) groups excluding carboxylic acids is 2. The molecular formula is C26H29FN4O4. The monoisotopic (exact) mass is 480 g/mol. The van der Waals surface area contributed by atoms with E-state index in [4.69, 9.17) is 9.15 Å². The third kappa shape index (κ3) is 6.19. The van der Waals surface area contributed by atoms with Gasteiger partial charge in [-0.2, -0.15) is 0 Å². The number of benzene rings is 2. The highest BCUT2D eigenvalue weighted by atomic mass is 19.1. The van der Waals surface area contributed by atoms with Gasteiger partial charge < -0.3 is 24.7 Å². The third-order valence-corrected chi connectivity index (χ3v) is 6.11. The van der Waals surface area contributed by atoms with E-state index >= 15 is 0 Å². The van der Waals surface area contributed by atoms with Crippen LogP contribution < -0.4 is 20.3 Å². The predicted molar refractivity (Wildman–Crippen MR) is 129 cm³/mol. The number of rotatable bonds is 8. The second-order valence-electron chi connectivity index (χ2n) is 8.24. The second-order valence-corrected chi connectivity index (χ2v) is 8.24. The van der Waals surface area contributed by atoms with Gasteiger partial charge in [0.1, 0.15) is 17.3 Å². The van der Waals surface area contributed by atoms with E-state index in [9.17, 15) is 14.0 Å². The standard InChI is InChI=1S/C26H29FN4O4/c1-34-23-6-3-2-5-19(23)17-28-25(32)26(33)29-18-22(24-7-4-16-35-24)31-14-12-30(13-15-31)21-10-8-20(27)9-11-21/h2-11,16,22H,12-15,17-18H2,1H3,(H,28,32)(H,29,33)/t22-/m1/s1. The van der Waals surface area contributed by atoms with E-state index < -0.39 is 11.8 Å². The Morgan fingerprint density at radius 2 is 1.69 bits per heavy atom. The van der Waals surface area contributed by atoms with E-state index in [1.165, 1.54) is 12.1 Å². The second kappa shape index (κ2) is 11.5. The Balaban J connectivity index is 1.32. The molecule has 4 rings (SSSR count). The van der Waals surface area contributed by atoms with Crippen molar-refractivity contribution in [3.63, 3.8) is 0 Å².